The summed E-state index contributed by atoms with van der Waals surface area (Å²) >= 11 is 0. The number of anilines is 2. The summed E-state index contributed by atoms with van der Waals surface area (Å²) in [5, 5.41) is 14.2. The fourth-order valence-electron chi connectivity index (χ4n) is 3.41. The van der Waals surface area contributed by atoms with Crippen LogP contribution >= 0.6 is 0 Å². The number of hydrogen-bond donors (Lipinski definition) is 1. The summed E-state index contributed by atoms with van der Waals surface area (Å²) in [6.07, 6.45) is 0.179. The van der Waals surface area contributed by atoms with Crippen LogP contribution in [0, 0.1) is 16.0 Å². The van der Waals surface area contributed by atoms with Crippen molar-refractivity contribution in [3.63, 3.8) is 0 Å². The summed E-state index contributed by atoms with van der Waals surface area (Å²) in [4.78, 5) is 37.3. The van der Waals surface area contributed by atoms with Crippen LogP contribution in [0.1, 0.15) is 5.56 Å². The second-order valence-corrected chi connectivity index (χ2v) is 5.84. The number of rotatable bonds is 2. The van der Waals surface area contributed by atoms with Crippen LogP contribution in [0.3, 0.4) is 0 Å². The number of carbonyl (C=O) groups is 2. The Morgan fingerprint density at radius 1 is 1.04 bits per heavy atom. The molecule has 1 N–H and O–H groups in total. The van der Waals surface area contributed by atoms with Crippen molar-refractivity contribution < 1.29 is 14.5 Å². The first-order chi connectivity index (χ1) is 11.6. The highest BCUT2D eigenvalue weighted by atomic mass is 16.6. The quantitative estimate of drug-likeness (QED) is 0.519. The average Bonchev–Trinajstić information content (AvgIpc) is 2.84. The molecule has 120 valence electrons. The van der Waals surface area contributed by atoms with E-state index in [2.05, 4.69) is 5.32 Å². The van der Waals surface area contributed by atoms with E-state index < -0.39 is 16.9 Å². The number of nitro groups is 1. The van der Waals surface area contributed by atoms with E-state index in [-0.39, 0.29) is 23.9 Å². The molecule has 1 saturated heterocycles. The number of benzene rings is 2. The molecule has 2 amide bonds. The predicted molar refractivity (Wildman–Crippen MR) is 86.6 cm³/mol. The molecule has 2 aliphatic heterocycles. The Bertz CT molecular complexity index is 865. The molecule has 2 heterocycles. The molecule has 0 bridgehead atoms. The lowest BCUT2D eigenvalue weighted by Gasteiger charge is -2.25. The summed E-state index contributed by atoms with van der Waals surface area (Å²) in [6, 6.07) is 12.7. The first kappa shape index (κ1) is 14.4. The van der Waals surface area contributed by atoms with Gasteiger partial charge in [-0.1, -0.05) is 24.3 Å². The van der Waals surface area contributed by atoms with Gasteiger partial charge in [0.1, 0.15) is 6.04 Å². The lowest BCUT2D eigenvalue weighted by atomic mass is 9.88. The Balaban J connectivity index is 1.75. The third kappa shape index (κ3) is 1.98. The van der Waals surface area contributed by atoms with Gasteiger partial charge >= 0.3 is 0 Å². The van der Waals surface area contributed by atoms with Crippen molar-refractivity contribution in [2.75, 3.05) is 10.2 Å². The van der Waals surface area contributed by atoms with Gasteiger partial charge in [0, 0.05) is 11.8 Å². The molecule has 2 aromatic carbocycles. The zero-order valence-electron chi connectivity index (χ0n) is 12.5. The minimum absolute atomic E-state index is 0.0307. The molecule has 2 aliphatic rings. The van der Waals surface area contributed by atoms with E-state index in [1.54, 1.807) is 42.5 Å². The monoisotopic (exact) mass is 323 g/mol. The highest BCUT2D eigenvalue weighted by Gasteiger charge is 2.51. The van der Waals surface area contributed by atoms with Crippen LogP contribution in [-0.2, 0) is 16.0 Å². The van der Waals surface area contributed by atoms with Gasteiger partial charge in [0.05, 0.1) is 22.1 Å². The third-order valence-electron chi connectivity index (χ3n) is 4.52. The van der Waals surface area contributed by atoms with Crippen LogP contribution in [-0.4, -0.2) is 22.8 Å². The molecule has 1 fully saturated rings. The Labute approximate surface area is 137 Å². The first-order valence-electron chi connectivity index (χ1n) is 7.53. The van der Waals surface area contributed by atoms with Crippen molar-refractivity contribution in [1.82, 2.24) is 0 Å². The summed E-state index contributed by atoms with van der Waals surface area (Å²) in [5.41, 5.74) is 1.50. The highest BCUT2D eigenvalue weighted by Crippen LogP contribution is 2.39. The van der Waals surface area contributed by atoms with E-state index in [1.807, 2.05) is 0 Å². The van der Waals surface area contributed by atoms with Crippen molar-refractivity contribution >= 4 is 28.9 Å². The third-order valence-corrected chi connectivity index (χ3v) is 4.52. The Kier molecular flexibility index (Phi) is 3.09. The summed E-state index contributed by atoms with van der Waals surface area (Å²) < 4.78 is 0. The lowest BCUT2D eigenvalue weighted by Crippen LogP contribution is -2.38. The number of amides is 2. The van der Waals surface area contributed by atoms with Crippen LogP contribution in [0.15, 0.2) is 48.5 Å². The summed E-state index contributed by atoms with van der Waals surface area (Å²) in [5.74, 6) is -1.29. The number of fused-ring (bicyclic) bond motifs is 2. The van der Waals surface area contributed by atoms with Gasteiger partial charge < -0.3 is 5.32 Å². The van der Waals surface area contributed by atoms with Crippen molar-refractivity contribution in [1.29, 1.82) is 0 Å². The molecule has 7 nitrogen and oxygen atoms in total. The minimum atomic E-state index is -0.688. The number of nitro benzene ring substituents is 1. The van der Waals surface area contributed by atoms with E-state index in [0.717, 1.165) is 0 Å². The fraction of sp³-hybridized carbons (Fsp3) is 0.176. The Morgan fingerprint density at radius 3 is 2.50 bits per heavy atom. The molecule has 0 aliphatic carbocycles. The molecule has 2 aromatic rings. The standard InChI is InChI=1S/C17H13N3O4/c21-16-12-9-11-13(7-4-8-14(11)20(23)24)18-15(12)17(22)19(16)10-5-2-1-3-6-10/h1-8,12,15,18H,9H2. The van der Waals surface area contributed by atoms with Crippen molar-refractivity contribution in [2.24, 2.45) is 5.92 Å². The normalized spacial score (nSPS) is 21.9. The van der Waals surface area contributed by atoms with E-state index in [4.69, 9.17) is 0 Å². The topological polar surface area (TPSA) is 92.5 Å². The number of carbonyl (C=O) groups excluding carboxylic acids is 2. The van der Waals surface area contributed by atoms with Crippen LogP contribution in [0.4, 0.5) is 17.1 Å². The fourth-order valence-corrected chi connectivity index (χ4v) is 3.41. The largest absolute Gasteiger partial charge is 0.373 e. The van der Waals surface area contributed by atoms with Gasteiger partial charge in [-0.3, -0.25) is 19.7 Å². The smallest absolute Gasteiger partial charge is 0.274 e. The van der Waals surface area contributed by atoms with Gasteiger partial charge in [-0.2, -0.15) is 0 Å². The van der Waals surface area contributed by atoms with Crippen molar-refractivity contribution in [2.45, 2.75) is 12.5 Å². The number of nitrogens with one attached hydrogen (secondary N) is 1. The van der Waals surface area contributed by atoms with Gasteiger partial charge in [0.15, 0.2) is 0 Å². The molecule has 0 radical (unpaired) electrons. The van der Waals surface area contributed by atoms with Crippen molar-refractivity contribution in [3.8, 4) is 0 Å². The second kappa shape index (κ2) is 5.16. The average molecular weight is 323 g/mol. The van der Waals surface area contributed by atoms with E-state index in [9.17, 15) is 19.7 Å². The predicted octanol–water partition coefficient (Wildman–Crippen LogP) is 2.12. The molecule has 0 saturated carbocycles. The maximum atomic E-state index is 12.7. The lowest BCUT2D eigenvalue weighted by molar-refractivity contribution is -0.385. The summed E-state index contributed by atoms with van der Waals surface area (Å²) in [7, 11) is 0. The first-order valence-corrected chi connectivity index (χ1v) is 7.53. The van der Waals surface area contributed by atoms with Crippen molar-refractivity contribution in [3.05, 3.63) is 64.2 Å². The maximum Gasteiger partial charge on any atom is 0.274 e. The van der Waals surface area contributed by atoms with Gasteiger partial charge in [-0.25, -0.2) is 4.90 Å². The molecule has 7 heteroatoms. The Hall–Kier alpha value is -3.22. The second-order valence-electron chi connectivity index (χ2n) is 5.84. The van der Waals surface area contributed by atoms with Gasteiger partial charge in [-0.05, 0) is 24.6 Å². The number of nitrogens with zero attached hydrogens (tertiary/aromatic N) is 2. The zero-order chi connectivity index (χ0) is 16.8. The van der Waals surface area contributed by atoms with E-state index in [1.165, 1.54) is 11.0 Å². The Morgan fingerprint density at radius 2 is 1.79 bits per heavy atom. The minimum Gasteiger partial charge on any atom is -0.373 e. The van der Waals surface area contributed by atoms with E-state index in [0.29, 0.717) is 16.9 Å². The van der Waals surface area contributed by atoms with Gasteiger partial charge in [0.2, 0.25) is 5.91 Å². The molecule has 0 aromatic heterocycles. The molecule has 2 atom stereocenters. The van der Waals surface area contributed by atoms with Crippen LogP contribution in [0.25, 0.3) is 0 Å². The molecule has 4 rings (SSSR count). The molecule has 24 heavy (non-hydrogen) atoms. The SMILES string of the molecule is O=C1C2Cc3c(cccc3[N+](=O)[O-])NC2C(=O)N1c1ccccc1. The molecular weight excluding hydrogens is 310 g/mol. The number of hydrogen-bond acceptors (Lipinski definition) is 5. The molecular formula is C17H13N3O4. The van der Waals surface area contributed by atoms with Crippen LogP contribution in [0.2, 0.25) is 0 Å². The highest BCUT2D eigenvalue weighted by molar-refractivity contribution is 6.24. The van der Waals surface area contributed by atoms with Gasteiger partial charge in [0.25, 0.3) is 11.6 Å². The van der Waals surface area contributed by atoms with Gasteiger partial charge in [-0.15, -0.1) is 0 Å². The van der Waals surface area contributed by atoms with Crippen LogP contribution in [0.5, 0.6) is 0 Å². The number of para-hydroxylation sites is 1. The zero-order valence-corrected chi connectivity index (χ0v) is 12.5. The molecule has 2 unspecified atom stereocenters. The maximum absolute atomic E-state index is 12.7. The summed E-state index contributed by atoms with van der Waals surface area (Å²) in [6.45, 7) is 0. The molecule has 0 spiro atoms. The van der Waals surface area contributed by atoms with E-state index >= 15 is 0 Å². The number of imide groups is 1. The van der Waals surface area contributed by atoms with Crippen LogP contribution < -0.4 is 10.2 Å².